The minimum atomic E-state index is -0.178. The number of furan rings is 1. The molecule has 0 atom stereocenters. The van der Waals surface area contributed by atoms with Crippen LogP contribution in [0, 0.1) is 0 Å². The first kappa shape index (κ1) is 13.0. The summed E-state index contributed by atoms with van der Waals surface area (Å²) in [5, 5.41) is 14.5. The van der Waals surface area contributed by atoms with Crippen LogP contribution in [0.3, 0.4) is 0 Å². The van der Waals surface area contributed by atoms with Gasteiger partial charge in [0.1, 0.15) is 6.54 Å². The van der Waals surface area contributed by atoms with Crippen molar-refractivity contribution >= 4 is 5.91 Å². The lowest BCUT2D eigenvalue weighted by Crippen LogP contribution is -2.28. The van der Waals surface area contributed by atoms with Crippen LogP contribution >= 0.6 is 0 Å². The molecule has 0 unspecified atom stereocenters. The van der Waals surface area contributed by atoms with Crippen LogP contribution in [0.5, 0.6) is 0 Å². The largest absolute Gasteiger partial charge is 0.461 e. The molecule has 0 bridgehead atoms. The first-order chi connectivity index (χ1) is 10.3. The number of nitrogens with one attached hydrogen (secondary N) is 1. The summed E-state index contributed by atoms with van der Waals surface area (Å²) in [6.45, 7) is 0.486. The maximum Gasteiger partial charge on any atom is 0.243 e. The van der Waals surface area contributed by atoms with E-state index < -0.39 is 0 Å². The van der Waals surface area contributed by atoms with Gasteiger partial charge in [-0.05, 0) is 22.9 Å². The standard InChI is InChI=1S/C14H13N5O2/c20-13(15-9-11-5-2-1-3-6-11)10-19-17-14(16-18-19)12-7-4-8-21-12/h1-8H,9-10H2,(H,15,20). The predicted molar refractivity (Wildman–Crippen MR) is 73.8 cm³/mol. The number of aromatic nitrogens is 4. The topological polar surface area (TPSA) is 85.8 Å². The summed E-state index contributed by atoms with van der Waals surface area (Å²) in [6.07, 6.45) is 1.53. The molecule has 21 heavy (non-hydrogen) atoms. The highest BCUT2D eigenvalue weighted by Crippen LogP contribution is 2.12. The van der Waals surface area contributed by atoms with E-state index in [4.69, 9.17) is 4.42 Å². The van der Waals surface area contributed by atoms with Gasteiger partial charge in [-0.1, -0.05) is 30.3 Å². The first-order valence-electron chi connectivity index (χ1n) is 6.43. The van der Waals surface area contributed by atoms with Gasteiger partial charge in [0.25, 0.3) is 0 Å². The van der Waals surface area contributed by atoms with E-state index in [1.54, 1.807) is 12.1 Å². The van der Waals surface area contributed by atoms with Crippen LogP contribution in [0.1, 0.15) is 5.56 Å². The van der Waals surface area contributed by atoms with Crippen molar-refractivity contribution < 1.29 is 9.21 Å². The molecule has 0 aliphatic heterocycles. The van der Waals surface area contributed by atoms with Crippen molar-refractivity contribution in [1.82, 2.24) is 25.5 Å². The molecule has 2 aromatic heterocycles. The maximum absolute atomic E-state index is 11.8. The molecule has 7 nitrogen and oxygen atoms in total. The fourth-order valence-corrected chi connectivity index (χ4v) is 1.80. The molecule has 0 aliphatic rings. The van der Waals surface area contributed by atoms with E-state index >= 15 is 0 Å². The Morgan fingerprint density at radius 3 is 2.81 bits per heavy atom. The Labute approximate surface area is 120 Å². The number of rotatable bonds is 5. The molecule has 0 fully saturated rings. The van der Waals surface area contributed by atoms with E-state index in [-0.39, 0.29) is 12.5 Å². The van der Waals surface area contributed by atoms with E-state index in [0.29, 0.717) is 18.1 Å². The number of nitrogens with zero attached hydrogens (tertiary/aromatic N) is 4. The summed E-state index contributed by atoms with van der Waals surface area (Å²) in [7, 11) is 0. The molecule has 3 rings (SSSR count). The van der Waals surface area contributed by atoms with Gasteiger partial charge in [-0.2, -0.15) is 4.80 Å². The Hall–Kier alpha value is -2.96. The zero-order chi connectivity index (χ0) is 14.5. The van der Waals surface area contributed by atoms with Gasteiger partial charge in [-0.15, -0.1) is 10.2 Å². The van der Waals surface area contributed by atoms with Crippen molar-refractivity contribution in [3.63, 3.8) is 0 Å². The van der Waals surface area contributed by atoms with Gasteiger partial charge in [0, 0.05) is 6.54 Å². The smallest absolute Gasteiger partial charge is 0.243 e. The number of hydrogen-bond acceptors (Lipinski definition) is 5. The molecule has 0 saturated heterocycles. The molecule has 106 valence electrons. The normalized spacial score (nSPS) is 10.5. The van der Waals surface area contributed by atoms with Crippen molar-refractivity contribution in [2.75, 3.05) is 0 Å². The van der Waals surface area contributed by atoms with E-state index in [0.717, 1.165) is 5.56 Å². The minimum absolute atomic E-state index is 0.0144. The van der Waals surface area contributed by atoms with Gasteiger partial charge in [-0.3, -0.25) is 4.79 Å². The average molecular weight is 283 g/mol. The van der Waals surface area contributed by atoms with Crippen LogP contribution in [0.15, 0.2) is 53.1 Å². The predicted octanol–water partition coefficient (Wildman–Crippen LogP) is 1.25. The van der Waals surface area contributed by atoms with Crippen LogP contribution in [0.2, 0.25) is 0 Å². The van der Waals surface area contributed by atoms with Gasteiger partial charge >= 0.3 is 0 Å². The lowest BCUT2D eigenvalue weighted by atomic mass is 10.2. The highest BCUT2D eigenvalue weighted by molar-refractivity contribution is 5.75. The molecule has 0 spiro atoms. The molecule has 2 heterocycles. The third-order valence-corrected chi connectivity index (χ3v) is 2.81. The summed E-state index contributed by atoms with van der Waals surface area (Å²) < 4.78 is 5.16. The first-order valence-corrected chi connectivity index (χ1v) is 6.43. The number of hydrogen-bond donors (Lipinski definition) is 1. The summed E-state index contributed by atoms with van der Waals surface area (Å²) in [4.78, 5) is 13.1. The van der Waals surface area contributed by atoms with Crippen molar-refractivity contribution in [3.8, 4) is 11.6 Å². The Morgan fingerprint density at radius 1 is 1.19 bits per heavy atom. The molecule has 1 amide bonds. The van der Waals surface area contributed by atoms with Crippen molar-refractivity contribution in [2.45, 2.75) is 13.1 Å². The number of carbonyl (C=O) groups excluding carboxylic acids is 1. The van der Waals surface area contributed by atoms with Crippen molar-refractivity contribution in [1.29, 1.82) is 0 Å². The zero-order valence-corrected chi connectivity index (χ0v) is 11.1. The van der Waals surface area contributed by atoms with Crippen LogP contribution in [-0.4, -0.2) is 26.1 Å². The molecule has 1 aromatic carbocycles. The Morgan fingerprint density at radius 2 is 2.05 bits per heavy atom. The van der Waals surface area contributed by atoms with Crippen LogP contribution in [0.4, 0.5) is 0 Å². The number of benzene rings is 1. The molecule has 0 radical (unpaired) electrons. The maximum atomic E-state index is 11.8. The van der Waals surface area contributed by atoms with E-state index in [1.807, 2.05) is 30.3 Å². The second kappa shape index (κ2) is 6.00. The van der Waals surface area contributed by atoms with E-state index in [1.165, 1.54) is 11.1 Å². The highest BCUT2D eigenvalue weighted by Gasteiger charge is 2.10. The fourth-order valence-electron chi connectivity index (χ4n) is 1.80. The molecule has 7 heteroatoms. The van der Waals surface area contributed by atoms with Gasteiger partial charge in [0.05, 0.1) is 6.26 Å². The van der Waals surface area contributed by atoms with Crippen LogP contribution in [-0.2, 0) is 17.9 Å². The lowest BCUT2D eigenvalue weighted by molar-refractivity contribution is -0.122. The van der Waals surface area contributed by atoms with E-state index in [9.17, 15) is 4.79 Å². The van der Waals surface area contributed by atoms with Crippen LogP contribution in [0.25, 0.3) is 11.6 Å². The Kier molecular flexibility index (Phi) is 3.72. The average Bonchev–Trinajstić information content (AvgIpc) is 3.17. The molecule has 0 saturated carbocycles. The second-order valence-electron chi connectivity index (χ2n) is 4.38. The van der Waals surface area contributed by atoms with Gasteiger partial charge in [-0.25, -0.2) is 0 Å². The third-order valence-electron chi connectivity index (χ3n) is 2.81. The fraction of sp³-hybridized carbons (Fsp3) is 0.143. The second-order valence-corrected chi connectivity index (χ2v) is 4.38. The van der Waals surface area contributed by atoms with Gasteiger partial charge in [0.15, 0.2) is 5.76 Å². The molecule has 3 aromatic rings. The van der Waals surface area contributed by atoms with Gasteiger partial charge < -0.3 is 9.73 Å². The van der Waals surface area contributed by atoms with Crippen molar-refractivity contribution in [2.24, 2.45) is 0 Å². The number of amides is 1. The highest BCUT2D eigenvalue weighted by atomic mass is 16.3. The third kappa shape index (κ3) is 3.33. The number of carbonyl (C=O) groups is 1. The van der Waals surface area contributed by atoms with Crippen molar-refractivity contribution in [3.05, 3.63) is 54.3 Å². The van der Waals surface area contributed by atoms with Gasteiger partial charge in [0.2, 0.25) is 11.7 Å². The summed E-state index contributed by atoms with van der Waals surface area (Å²) in [5.41, 5.74) is 1.04. The summed E-state index contributed by atoms with van der Waals surface area (Å²) in [5.74, 6) is 0.698. The monoisotopic (exact) mass is 283 g/mol. The molecule has 0 aliphatic carbocycles. The molecular weight excluding hydrogens is 270 g/mol. The summed E-state index contributed by atoms with van der Waals surface area (Å²) >= 11 is 0. The Bertz CT molecular complexity index is 706. The lowest BCUT2D eigenvalue weighted by Gasteiger charge is -2.04. The Balaban J connectivity index is 1.55. The number of tetrazole rings is 1. The minimum Gasteiger partial charge on any atom is -0.461 e. The molecule has 1 N–H and O–H groups in total. The summed E-state index contributed by atoms with van der Waals surface area (Å²) in [6, 6.07) is 13.2. The molecular formula is C14H13N5O2. The quantitative estimate of drug-likeness (QED) is 0.761. The SMILES string of the molecule is O=C(Cn1nnc(-c2ccco2)n1)NCc1ccccc1. The van der Waals surface area contributed by atoms with E-state index in [2.05, 4.69) is 20.7 Å². The van der Waals surface area contributed by atoms with Crippen LogP contribution < -0.4 is 5.32 Å². The zero-order valence-electron chi connectivity index (χ0n) is 11.1.